The molecule has 0 aliphatic carbocycles. The Morgan fingerprint density at radius 3 is 1.05 bits per heavy atom. The highest BCUT2D eigenvalue weighted by atomic mass is 19.4. The molecular formula is C44H28F6N8. The first-order chi connectivity index (χ1) is 28.0. The summed E-state index contributed by atoms with van der Waals surface area (Å²) < 4.78 is 76.7. The van der Waals surface area contributed by atoms with Crippen molar-refractivity contribution in [1.29, 1.82) is 0 Å². The number of hydrogen-bond acceptors (Lipinski definition) is 8. The molecule has 0 heterocycles. The monoisotopic (exact) mass is 782 g/mol. The predicted molar refractivity (Wildman–Crippen MR) is 213 cm³/mol. The first-order valence-corrected chi connectivity index (χ1v) is 17.5. The average molecular weight is 783 g/mol. The zero-order chi connectivity index (χ0) is 40.5. The van der Waals surface area contributed by atoms with Crippen molar-refractivity contribution in [2.45, 2.75) is 12.4 Å². The van der Waals surface area contributed by atoms with E-state index in [9.17, 15) is 26.3 Å². The number of aliphatic imine (C=N–C) groups is 2. The standard InChI is InChI=1S/C44H28F6N8/c45-43(46,47)31-9-13-34(14-10-31)53-55-36-19-17-33(18-20-36)51-27-29-5-7-30(8-6-29)28-52-41-25-26-42(40-4-2-1-3-39(40)41)58-57-38-23-21-37(22-24-38)56-54-35-15-11-32(12-16-35)44(48,49)50/h1-28H. The predicted octanol–water partition coefficient (Wildman–Crippen LogP) is 15.6. The van der Waals surface area contributed by atoms with Crippen molar-refractivity contribution >= 4 is 68.7 Å². The SMILES string of the molecule is FC(F)(F)c1ccc(N=Nc2ccc(N=Cc3ccc(C=Nc4ccc(N=Nc5ccc(N=Nc6ccc(C(F)(F)F)cc6)cc5)c5ccccc45)cc3)cc2)cc1. The van der Waals surface area contributed by atoms with Gasteiger partial charge in [-0.05, 0) is 120 Å². The van der Waals surface area contributed by atoms with Crippen molar-refractivity contribution < 1.29 is 26.3 Å². The van der Waals surface area contributed by atoms with E-state index in [0.29, 0.717) is 39.8 Å². The molecule has 58 heavy (non-hydrogen) atoms. The van der Waals surface area contributed by atoms with Crippen LogP contribution in [0.5, 0.6) is 0 Å². The molecule has 0 saturated heterocycles. The fourth-order valence-electron chi connectivity index (χ4n) is 5.40. The normalized spacial score (nSPS) is 12.7. The highest BCUT2D eigenvalue weighted by Gasteiger charge is 2.30. The minimum Gasteiger partial charge on any atom is -0.256 e. The molecule has 0 spiro atoms. The minimum absolute atomic E-state index is 0.297. The van der Waals surface area contributed by atoms with Crippen LogP contribution in [-0.4, -0.2) is 12.4 Å². The highest BCUT2D eigenvalue weighted by molar-refractivity contribution is 6.01. The third-order valence-electron chi connectivity index (χ3n) is 8.45. The van der Waals surface area contributed by atoms with E-state index < -0.39 is 23.5 Å². The van der Waals surface area contributed by atoms with Gasteiger partial charge in [-0.25, -0.2) is 0 Å². The van der Waals surface area contributed by atoms with Gasteiger partial charge in [-0.3, -0.25) is 9.98 Å². The quantitative estimate of drug-likeness (QED) is 0.0750. The molecule has 0 aliphatic rings. The molecular weight excluding hydrogens is 755 g/mol. The van der Waals surface area contributed by atoms with Crippen molar-refractivity contribution in [3.8, 4) is 0 Å². The lowest BCUT2D eigenvalue weighted by atomic mass is 10.1. The molecule has 0 saturated carbocycles. The maximum atomic E-state index is 12.8. The Balaban J connectivity index is 0.953. The Bertz CT molecular complexity index is 2650. The second kappa shape index (κ2) is 17.1. The number of halogens is 6. The van der Waals surface area contributed by atoms with Crippen LogP contribution in [0.2, 0.25) is 0 Å². The molecule has 7 rings (SSSR count). The van der Waals surface area contributed by atoms with Gasteiger partial charge in [0.2, 0.25) is 0 Å². The van der Waals surface area contributed by atoms with Crippen LogP contribution in [-0.2, 0) is 12.4 Å². The van der Waals surface area contributed by atoms with Crippen LogP contribution in [0.25, 0.3) is 10.8 Å². The fourth-order valence-corrected chi connectivity index (χ4v) is 5.40. The Morgan fingerprint density at radius 1 is 0.310 bits per heavy atom. The number of nitrogens with zero attached hydrogens (tertiary/aromatic N) is 8. The van der Waals surface area contributed by atoms with Gasteiger partial charge in [-0.1, -0.05) is 48.5 Å². The summed E-state index contributed by atoms with van der Waals surface area (Å²) in [5, 5.41) is 26.8. The van der Waals surface area contributed by atoms with Gasteiger partial charge in [-0.15, -0.1) is 5.11 Å². The Hall–Kier alpha value is -7.48. The molecule has 7 aromatic rings. The van der Waals surface area contributed by atoms with Crippen LogP contribution in [0.4, 0.5) is 71.8 Å². The van der Waals surface area contributed by atoms with Gasteiger partial charge >= 0.3 is 12.4 Å². The maximum Gasteiger partial charge on any atom is 0.416 e. The van der Waals surface area contributed by atoms with Crippen molar-refractivity contribution in [2.75, 3.05) is 0 Å². The molecule has 286 valence electrons. The molecule has 0 atom stereocenters. The highest BCUT2D eigenvalue weighted by Crippen LogP contribution is 2.35. The summed E-state index contributed by atoms with van der Waals surface area (Å²) in [4.78, 5) is 9.25. The largest absolute Gasteiger partial charge is 0.416 e. The third kappa shape index (κ3) is 10.2. The van der Waals surface area contributed by atoms with E-state index in [0.717, 1.165) is 51.9 Å². The summed E-state index contributed by atoms with van der Waals surface area (Å²) in [7, 11) is 0. The van der Waals surface area contributed by atoms with Gasteiger partial charge < -0.3 is 0 Å². The lowest BCUT2D eigenvalue weighted by Crippen LogP contribution is -2.03. The molecule has 0 unspecified atom stereocenters. The summed E-state index contributed by atoms with van der Waals surface area (Å²) in [6, 6.07) is 41.8. The molecule has 0 bridgehead atoms. The zero-order valence-corrected chi connectivity index (χ0v) is 30.0. The Morgan fingerprint density at radius 2 is 0.638 bits per heavy atom. The molecule has 0 aromatic heterocycles. The smallest absolute Gasteiger partial charge is 0.256 e. The molecule has 0 fully saturated rings. The van der Waals surface area contributed by atoms with Gasteiger partial charge in [0.05, 0.1) is 56.6 Å². The topological polar surface area (TPSA) is 98.9 Å². The van der Waals surface area contributed by atoms with Crippen molar-refractivity contribution in [2.24, 2.45) is 40.7 Å². The maximum absolute atomic E-state index is 12.8. The number of benzene rings is 7. The summed E-state index contributed by atoms with van der Waals surface area (Å²) in [5.41, 5.74) is 4.57. The van der Waals surface area contributed by atoms with Gasteiger partial charge in [0.15, 0.2) is 0 Å². The number of alkyl halides is 6. The van der Waals surface area contributed by atoms with Crippen LogP contribution >= 0.6 is 0 Å². The van der Waals surface area contributed by atoms with E-state index in [1.165, 1.54) is 24.3 Å². The molecule has 7 aromatic carbocycles. The fraction of sp³-hybridized carbons (Fsp3) is 0.0455. The van der Waals surface area contributed by atoms with Gasteiger partial charge in [0.25, 0.3) is 0 Å². The molecule has 8 nitrogen and oxygen atoms in total. The lowest BCUT2D eigenvalue weighted by molar-refractivity contribution is -0.138. The Labute approximate surface area is 327 Å². The molecule has 0 aliphatic heterocycles. The number of fused-ring (bicyclic) bond motifs is 1. The van der Waals surface area contributed by atoms with Gasteiger partial charge in [0, 0.05) is 23.2 Å². The molecule has 0 N–H and O–H groups in total. The zero-order valence-electron chi connectivity index (χ0n) is 30.0. The van der Waals surface area contributed by atoms with Crippen molar-refractivity contribution in [3.63, 3.8) is 0 Å². The summed E-state index contributed by atoms with van der Waals surface area (Å²) in [5.74, 6) is 0. The van der Waals surface area contributed by atoms with Crippen LogP contribution in [0.3, 0.4) is 0 Å². The number of hydrogen-bond donors (Lipinski definition) is 0. The van der Waals surface area contributed by atoms with Crippen LogP contribution in [0.1, 0.15) is 22.3 Å². The van der Waals surface area contributed by atoms with Crippen molar-refractivity contribution in [1.82, 2.24) is 0 Å². The van der Waals surface area contributed by atoms with Crippen LogP contribution < -0.4 is 0 Å². The van der Waals surface area contributed by atoms with E-state index >= 15 is 0 Å². The summed E-state index contributed by atoms with van der Waals surface area (Å²) in [6.07, 6.45) is -5.32. The third-order valence-corrected chi connectivity index (χ3v) is 8.45. The number of azo groups is 3. The lowest BCUT2D eigenvalue weighted by Gasteiger charge is -2.05. The molecule has 14 heteroatoms. The first kappa shape index (κ1) is 38.8. The first-order valence-electron chi connectivity index (χ1n) is 17.5. The minimum atomic E-state index is -4.41. The summed E-state index contributed by atoms with van der Waals surface area (Å²) in [6.45, 7) is 0. The van der Waals surface area contributed by atoms with E-state index in [4.69, 9.17) is 4.99 Å². The van der Waals surface area contributed by atoms with Crippen LogP contribution in [0.15, 0.2) is 198 Å². The second-order valence-corrected chi connectivity index (χ2v) is 12.6. The van der Waals surface area contributed by atoms with E-state index in [-0.39, 0.29) is 0 Å². The molecule has 0 amide bonds. The van der Waals surface area contributed by atoms with Gasteiger partial charge in [0.1, 0.15) is 0 Å². The van der Waals surface area contributed by atoms with E-state index in [1.807, 2.05) is 60.7 Å². The van der Waals surface area contributed by atoms with E-state index in [2.05, 4.69) is 35.7 Å². The number of rotatable bonds is 10. The van der Waals surface area contributed by atoms with Crippen LogP contribution in [0, 0.1) is 0 Å². The van der Waals surface area contributed by atoms with E-state index in [1.54, 1.807) is 61.0 Å². The average Bonchev–Trinajstić information content (AvgIpc) is 3.23. The molecule has 0 radical (unpaired) electrons. The second-order valence-electron chi connectivity index (χ2n) is 12.6. The van der Waals surface area contributed by atoms with Gasteiger partial charge in [-0.2, -0.15) is 51.9 Å². The van der Waals surface area contributed by atoms with Crippen molar-refractivity contribution in [3.05, 3.63) is 180 Å². The Kier molecular flexibility index (Phi) is 11.4. The summed E-state index contributed by atoms with van der Waals surface area (Å²) >= 11 is 0.